The second-order valence-electron chi connectivity index (χ2n) is 1.66. The normalized spacial score (nSPS) is 8.12. The van der Waals surface area contributed by atoms with E-state index in [0.29, 0.717) is 6.54 Å². The predicted octanol–water partition coefficient (Wildman–Crippen LogP) is -0.252. The van der Waals surface area contributed by atoms with Crippen LogP contribution in [0, 0.1) is 11.5 Å². The summed E-state index contributed by atoms with van der Waals surface area (Å²) in [5.41, 5.74) is 5.20. The molecule has 0 heterocycles. The van der Waals surface area contributed by atoms with Gasteiger partial charge >= 0.3 is 0 Å². The molecule has 0 aliphatic carbocycles. The van der Waals surface area contributed by atoms with Crippen molar-refractivity contribution in [2.75, 3.05) is 20.1 Å². The molecule has 0 saturated heterocycles. The standard InChI is InChI=1S/C5H11N3/c1-8(5-7)4-2-3-6/h2-4,6H2,1H3. The van der Waals surface area contributed by atoms with Crippen LogP contribution >= 0.6 is 0 Å². The molecule has 0 unspecified atom stereocenters. The van der Waals surface area contributed by atoms with Gasteiger partial charge in [-0.05, 0) is 13.0 Å². The molecule has 8 heavy (non-hydrogen) atoms. The summed E-state index contributed by atoms with van der Waals surface area (Å²) in [7, 11) is 1.75. The SMILES string of the molecule is CN(C#N)CCCN. The summed E-state index contributed by atoms with van der Waals surface area (Å²) >= 11 is 0. The Morgan fingerprint density at radius 3 is 2.75 bits per heavy atom. The highest BCUT2D eigenvalue weighted by atomic mass is 15.1. The van der Waals surface area contributed by atoms with E-state index in [1.807, 2.05) is 6.19 Å². The van der Waals surface area contributed by atoms with E-state index in [1.165, 1.54) is 0 Å². The van der Waals surface area contributed by atoms with Crippen molar-refractivity contribution in [2.24, 2.45) is 5.73 Å². The number of hydrogen-bond acceptors (Lipinski definition) is 3. The van der Waals surface area contributed by atoms with E-state index in [0.717, 1.165) is 13.0 Å². The molecule has 0 saturated carbocycles. The molecule has 0 aromatic rings. The lowest BCUT2D eigenvalue weighted by Gasteiger charge is -2.04. The Bertz CT molecular complexity index is 84.2. The van der Waals surface area contributed by atoms with Crippen LogP contribution in [0.4, 0.5) is 0 Å². The lowest BCUT2D eigenvalue weighted by Crippen LogP contribution is -2.15. The summed E-state index contributed by atoms with van der Waals surface area (Å²) < 4.78 is 0. The van der Waals surface area contributed by atoms with Crippen molar-refractivity contribution in [2.45, 2.75) is 6.42 Å². The fraction of sp³-hybridized carbons (Fsp3) is 0.800. The van der Waals surface area contributed by atoms with Gasteiger partial charge in [0.1, 0.15) is 0 Å². The van der Waals surface area contributed by atoms with Crippen molar-refractivity contribution in [3.63, 3.8) is 0 Å². The van der Waals surface area contributed by atoms with Gasteiger partial charge in [-0.15, -0.1) is 0 Å². The second kappa shape index (κ2) is 4.41. The first-order valence-electron chi connectivity index (χ1n) is 2.62. The van der Waals surface area contributed by atoms with E-state index in [-0.39, 0.29) is 0 Å². The zero-order valence-corrected chi connectivity index (χ0v) is 5.09. The van der Waals surface area contributed by atoms with Crippen molar-refractivity contribution >= 4 is 0 Å². The lowest BCUT2D eigenvalue weighted by molar-refractivity contribution is 0.464. The summed E-state index contributed by atoms with van der Waals surface area (Å²) in [6.45, 7) is 1.43. The molecule has 0 aromatic heterocycles. The fourth-order valence-corrected chi connectivity index (χ4v) is 0.378. The van der Waals surface area contributed by atoms with Crippen molar-refractivity contribution < 1.29 is 0 Å². The predicted molar refractivity (Wildman–Crippen MR) is 31.9 cm³/mol. The Balaban J connectivity index is 3.02. The van der Waals surface area contributed by atoms with E-state index < -0.39 is 0 Å². The Morgan fingerprint density at radius 2 is 2.38 bits per heavy atom. The number of rotatable bonds is 3. The van der Waals surface area contributed by atoms with Crippen LogP contribution in [0.15, 0.2) is 0 Å². The minimum Gasteiger partial charge on any atom is -0.330 e. The molecule has 3 heteroatoms. The molecular formula is C5H11N3. The summed E-state index contributed by atoms with van der Waals surface area (Å²) in [4.78, 5) is 1.56. The van der Waals surface area contributed by atoms with Crippen LogP contribution in [-0.4, -0.2) is 25.0 Å². The zero-order chi connectivity index (χ0) is 6.41. The second-order valence-corrected chi connectivity index (χ2v) is 1.66. The highest BCUT2D eigenvalue weighted by Crippen LogP contribution is 1.79. The molecule has 0 bridgehead atoms. The highest BCUT2D eigenvalue weighted by molar-refractivity contribution is 4.67. The summed E-state index contributed by atoms with van der Waals surface area (Å²) in [6.07, 6.45) is 2.87. The van der Waals surface area contributed by atoms with Crippen LogP contribution in [0.25, 0.3) is 0 Å². The van der Waals surface area contributed by atoms with Crippen molar-refractivity contribution in [1.82, 2.24) is 4.90 Å². The molecule has 0 aliphatic rings. The van der Waals surface area contributed by atoms with Gasteiger partial charge in [0.15, 0.2) is 6.19 Å². The smallest absolute Gasteiger partial charge is 0.179 e. The van der Waals surface area contributed by atoms with Gasteiger partial charge in [-0.1, -0.05) is 0 Å². The first-order chi connectivity index (χ1) is 3.81. The first-order valence-corrected chi connectivity index (χ1v) is 2.62. The average Bonchev–Trinajstić information content (AvgIpc) is 1.83. The Morgan fingerprint density at radius 1 is 1.75 bits per heavy atom. The van der Waals surface area contributed by atoms with Crippen molar-refractivity contribution in [1.29, 1.82) is 5.26 Å². The average molecular weight is 113 g/mol. The van der Waals surface area contributed by atoms with E-state index in [2.05, 4.69) is 0 Å². The van der Waals surface area contributed by atoms with E-state index >= 15 is 0 Å². The van der Waals surface area contributed by atoms with Crippen molar-refractivity contribution in [3.05, 3.63) is 0 Å². The van der Waals surface area contributed by atoms with Crippen LogP contribution in [-0.2, 0) is 0 Å². The molecule has 0 aliphatic heterocycles. The summed E-state index contributed by atoms with van der Waals surface area (Å²) in [5, 5.41) is 8.20. The topological polar surface area (TPSA) is 53.0 Å². The van der Waals surface area contributed by atoms with E-state index in [9.17, 15) is 0 Å². The molecule has 0 amide bonds. The Hall–Kier alpha value is -0.750. The van der Waals surface area contributed by atoms with Crippen LogP contribution in [0.2, 0.25) is 0 Å². The quantitative estimate of drug-likeness (QED) is 0.405. The Labute approximate surface area is 49.7 Å². The maximum absolute atomic E-state index is 8.20. The minimum absolute atomic E-state index is 0.659. The largest absolute Gasteiger partial charge is 0.330 e. The van der Waals surface area contributed by atoms with E-state index in [1.54, 1.807) is 11.9 Å². The summed E-state index contributed by atoms with van der Waals surface area (Å²) in [6, 6.07) is 0. The Kier molecular flexibility index (Phi) is 4.00. The highest BCUT2D eigenvalue weighted by Gasteiger charge is 1.88. The molecule has 0 aromatic carbocycles. The monoisotopic (exact) mass is 113 g/mol. The molecule has 46 valence electrons. The maximum Gasteiger partial charge on any atom is 0.179 e. The number of nitriles is 1. The molecule has 0 atom stereocenters. The van der Waals surface area contributed by atoms with Gasteiger partial charge in [0, 0.05) is 13.6 Å². The summed E-state index contributed by atoms with van der Waals surface area (Å²) in [5.74, 6) is 0. The molecular weight excluding hydrogens is 102 g/mol. The van der Waals surface area contributed by atoms with Crippen LogP contribution in [0.5, 0.6) is 0 Å². The van der Waals surface area contributed by atoms with Crippen LogP contribution in [0.3, 0.4) is 0 Å². The fourth-order valence-electron chi connectivity index (χ4n) is 0.378. The minimum atomic E-state index is 0.659. The number of hydrogen-bond donors (Lipinski definition) is 1. The third-order valence-electron chi connectivity index (χ3n) is 0.868. The number of nitrogens with two attached hydrogens (primary N) is 1. The van der Waals surface area contributed by atoms with Crippen molar-refractivity contribution in [3.8, 4) is 6.19 Å². The molecule has 0 fully saturated rings. The van der Waals surface area contributed by atoms with Gasteiger partial charge in [0.05, 0.1) is 0 Å². The molecule has 2 N–H and O–H groups in total. The molecule has 0 radical (unpaired) electrons. The lowest BCUT2D eigenvalue weighted by atomic mass is 10.4. The van der Waals surface area contributed by atoms with Crippen LogP contribution in [0.1, 0.15) is 6.42 Å². The van der Waals surface area contributed by atoms with Gasteiger partial charge in [-0.2, -0.15) is 5.26 Å². The first kappa shape index (κ1) is 7.25. The van der Waals surface area contributed by atoms with Gasteiger partial charge in [-0.3, -0.25) is 0 Å². The van der Waals surface area contributed by atoms with Gasteiger partial charge in [-0.25, -0.2) is 0 Å². The van der Waals surface area contributed by atoms with Gasteiger partial charge in [0.2, 0.25) is 0 Å². The molecule has 3 nitrogen and oxygen atoms in total. The molecule has 0 spiro atoms. The molecule has 0 rings (SSSR count). The van der Waals surface area contributed by atoms with E-state index in [4.69, 9.17) is 11.0 Å². The third-order valence-corrected chi connectivity index (χ3v) is 0.868. The van der Waals surface area contributed by atoms with Gasteiger partial charge in [0.25, 0.3) is 0 Å². The van der Waals surface area contributed by atoms with Gasteiger partial charge < -0.3 is 10.6 Å². The number of nitrogens with zero attached hydrogens (tertiary/aromatic N) is 2. The van der Waals surface area contributed by atoms with Crippen LogP contribution < -0.4 is 5.73 Å². The third kappa shape index (κ3) is 3.44. The zero-order valence-electron chi connectivity index (χ0n) is 5.09. The maximum atomic E-state index is 8.20.